The van der Waals surface area contributed by atoms with E-state index in [2.05, 4.69) is 51.1 Å². The Morgan fingerprint density at radius 1 is 0.972 bits per heavy atom. The van der Waals surface area contributed by atoms with Gasteiger partial charge < -0.3 is 19.1 Å². The molecule has 196 valence electrons. The van der Waals surface area contributed by atoms with Crippen LogP contribution in [0.5, 0.6) is 11.5 Å². The number of carbonyl (C=O) groups excluding carboxylic acids is 1. The van der Waals surface area contributed by atoms with E-state index >= 15 is 0 Å². The smallest absolute Gasteiger partial charge is 0.305 e. The van der Waals surface area contributed by atoms with Gasteiger partial charge in [-0.1, -0.05) is 24.3 Å². The quantitative estimate of drug-likeness (QED) is 0.461. The number of piperazine rings is 1. The van der Waals surface area contributed by atoms with Gasteiger partial charge in [0.05, 0.1) is 26.5 Å². The van der Waals surface area contributed by atoms with Crippen molar-refractivity contribution in [2.24, 2.45) is 5.92 Å². The Labute approximate surface area is 215 Å². The molecule has 0 saturated carbocycles. The van der Waals surface area contributed by atoms with E-state index in [1.165, 1.54) is 18.4 Å². The molecule has 2 saturated heterocycles. The molecular formula is C29H41N3O4. The van der Waals surface area contributed by atoms with Crippen molar-refractivity contribution in [2.75, 3.05) is 65.0 Å². The Morgan fingerprint density at radius 3 is 2.42 bits per heavy atom. The van der Waals surface area contributed by atoms with Gasteiger partial charge in [0.25, 0.3) is 0 Å². The second kappa shape index (κ2) is 13.0. The highest BCUT2D eigenvalue weighted by molar-refractivity contribution is 5.69. The second-order valence-electron chi connectivity index (χ2n) is 9.74. The van der Waals surface area contributed by atoms with E-state index in [1.54, 1.807) is 7.11 Å². The van der Waals surface area contributed by atoms with Crippen molar-refractivity contribution < 1.29 is 19.0 Å². The summed E-state index contributed by atoms with van der Waals surface area (Å²) in [5.74, 6) is 2.18. The number of carbonyl (C=O) groups is 1. The van der Waals surface area contributed by atoms with Gasteiger partial charge in [-0.2, -0.15) is 0 Å². The monoisotopic (exact) mass is 495 g/mol. The Hall–Kier alpha value is -2.77. The summed E-state index contributed by atoms with van der Waals surface area (Å²) >= 11 is 0. The number of hydrogen-bond acceptors (Lipinski definition) is 7. The van der Waals surface area contributed by atoms with Crippen LogP contribution in [0.15, 0.2) is 48.5 Å². The molecule has 2 heterocycles. The zero-order valence-corrected chi connectivity index (χ0v) is 22.0. The van der Waals surface area contributed by atoms with E-state index < -0.39 is 0 Å². The zero-order valence-electron chi connectivity index (χ0n) is 22.0. The molecule has 0 aliphatic carbocycles. The van der Waals surface area contributed by atoms with Crippen LogP contribution in [0.4, 0.5) is 5.69 Å². The minimum absolute atomic E-state index is 0.113. The number of methoxy groups -OCH3 is 2. The Balaban J connectivity index is 1.38. The maximum absolute atomic E-state index is 12.0. The van der Waals surface area contributed by atoms with Crippen LogP contribution in [-0.4, -0.2) is 81.9 Å². The molecule has 7 nitrogen and oxygen atoms in total. The van der Waals surface area contributed by atoms with Crippen LogP contribution < -0.4 is 14.4 Å². The van der Waals surface area contributed by atoms with E-state index in [9.17, 15) is 4.79 Å². The fraction of sp³-hybridized carbons (Fsp3) is 0.552. The highest BCUT2D eigenvalue weighted by atomic mass is 16.5. The van der Waals surface area contributed by atoms with Gasteiger partial charge in [0.1, 0.15) is 11.5 Å². The van der Waals surface area contributed by atoms with E-state index in [-0.39, 0.29) is 5.97 Å². The summed E-state index contributed by atoms with van der Waals surface area (Å²) in [4.78, 5) is 19.6. The maximum Gasteiger partial charge on any atom is 0.305 e. The number of para-hydroxylation sites is 2. The number of esters is 1. The average Bonchev–Trinajstić information content (AvgIpc) is 2.93. The number of piperidine rings is 1. The molecule has 2 fully saturated rings. The predicted octanol–water partition coefficient (Wildman–Crippen LogP) is 4.06. The van der Waals surface area contributed by atoms with Gasteiger partial charge in [-0.05, 0) is 62.1 Å². The number of benzene rings is 2. The van der Waals surface area contributed by atoms with Crippen molar-refractivity contribution in [3.8, 4) is 11.5 Å². The van der Waals surface area contributed by atoms with Crippen LogP contribution in [-0.2, 0) is 16.1 Å². The fourth-order valence-corrected chi connectivity index (χ4v) is 5.71. The third kappa shape index (κ3) is 6.71. The molecule has 2 aliphatic rings. The molecular weight excluding hydrogens is 454 g/mol. The molecule has 4 rings (SSSR count). The van der Waals surface area contributed by atoms with Crippen molar-refractivity contribution in [1.82, 2.24) is 9.80 Å². The third-order valence-corrected chi connectivity index (χ3v) is 7.57. The number of rotatable bonds is 10. The van der Waals surface area contributed by atoms with E-state index in [1.807, 2.05) is 19.1 Å². The molecule has 36 heavy (non-hydrogen) atoms. The molecule has 0 N–H and O–H groups in total. The van der Waals surface area contributed by atoms with Gasteiger partial charge in [-0.25, -0.2) is 0 Å². The van der Waals surface area contributed by atoms with Crippen molar-refractivity contribution in [2.45, 2.75) is 38.8 Å². The van der Waals surface area contributed by atoms with E-state index in [0.717, 1.165) is 70.2 Å². The van der Waals surface area contributed by atoms with Gasteiger partial charge >= 0.3 is 5.97 Å². The van der Waals surface area contributed by atoms with Crippen LogP contribution in [0, 0.1) is 5.92 Å². The summed E-state index contributed by atoms with van der Waals surface area (Å²) in [5, 5.41) is 0. The summed E-state index contributed by atoms with van der Waals surface area (Å²) < 4.78 is 16.1. The lowest BCUT2D eigenvalue weighted by Crippen LogP contribution is -2.56. The molecule has 0 bridgehead atoms. The SMILES string of the molecule is CCOc1ccc(CN2CC[C@H](N3CCN(c4ccccc4OC)CC3)[C@H](CCC(=O)OC)C2)cc1. The molecule has 0 spiro atoms. The first-order valence-corrected chi connectivity index (χ1v) is 13.2. The standard InChI is InChI=1S/C29H41N3O4/c1-4-36-25-12-9-23(10-13-25)21-30-16-15-26(24(22-30)11-14-29(33)35-3)31-17-19-32(20-18-31)27-7-5-6-8-28(27)34-2/h5-10,12-13,24,26H,4,11,14-22H2,1-3H3/t24-,26+/m1/s1. The molecule has 2 aromatic carbocycles. The summed E-state index contributed by atoms with van der Waals surface area (Å²) in [6, 6.07) is 17.2. The van der Waals surface area contributed by atoms with E-state index in [4.69, 9.17) is 14.2 Å². The predicted molar refractivity (Wildman–Crippen MR) is 143 cm³/mol. The van der Waals surface area contributed by atoms with Crippen molar-refractivity contribution in [1.29, 1.82) is 0 Å². The third-order valence-electron chi connectivity index (χ3n) is 7.57. The highest BCUT2D eigenvalue weighted by Gasteiger charge is 2.35. The maximum atomic E-state index is 12.0. The topological polar surface area (TPSA) is 54.5 Å². The first-order chi connectivity index (χ1) is 17.6. The minimum atomic E-state index is -0.113. The first kappa shape index (κ1) is 26.3. The second-order valence-corrected chi connectivity index (χ2v) is 9.74. The van der Waals surface area contributed by atoms with Crippen LogP contribution in [0.3, 0.4) is 0 Å². The summed E-state index contributed by atoms with van der Waals surface area (Å²) in [6.07, 6.45) is 2.47. The van der Waals surface area contributed by atoms with Crippen molar-refractivity contribution >= 4 is 11.7 Å². The number of nitrogens with zero attached hydrogens (tertiary/aromatic N) is 3. The first-order valence-electron chi connectivity index (χ1n) is 13.2. The van der Waals surface area contributed by atoms with Crippen LogP contribution >= 0.6 is 0 Å². The fourth-order valence-electron chi connectivity index (χ4n) is 5.71. The van der Waals surface area contributed by atoms with Gasteiger partial charge in [0.2, 0.25) is 0 Å². The number of ether oxygens (including phenoxy) is 3. The molecule has 0 amide bonds. The molecule has 0 unspecified atom stereocenters. The largest absolute Gasteiger partial charge is 0.495 e. The number of hydrogen-bond donors (Lipinski definition) is 0. The lowest BCUT2D eigenvalue weighted by Gasteiger charge is -2.47. The van der Waals surface area contributed by atoms with Crippen molar-refractivity contribution in [3.63, 3.8) is 0 Å². The lowest BCUT2D eigenvalue weighted by atomic mass is 9.86. The van der Waals surface area contributed by atoms with Crippen LogP contribution in [0.25, 0.3) is 0 Å². The summed E-state index contributed by atoms with van der Waals surface area (Å²) in [6.45, 7) is 9.70. The summed E-state index contributed by atoms with van der Waals surface area (Å²) in [5.41, 5.74) is 2.47. The molecule has 0 radical (unpaired) electrons. The Morgan fingerprint density at radius 2 is 1.72 bits per heavy atom. The Kier molecular flexibility index (Phi) is 9.47. The van der Waals surface area contributed by atoms with Gasteiger partial charge in [0, 0.05) is 51.7 Å². The number of anilines is 1. The lowest BCUT2D eigenvalue weighted by molar-refractivity contribution is -0.141. The highest BCUT2D eigenvalue weighted by Crippen LogP contribution is 2.32. The molecule has 2 atom stereocenters. The van der Waals surface area contributed by atoms with Crippen LogP contribution in [0.2, 0.25) is 0 Å². The summed E-state index contributed by atoms with van der Waals surface area (Å²) in [7, 11) is 3.22. The molecule has 2 aromatic rings. The Bertz CT molecular complexity index is 959. The van der Waals surface area contributed by atoms with Crippen LogP contribution in [0.1, 0.15) is 31.7 Å². The van der Waals surface area contributed by atoms with Gasteiger partial charge in [0.15, 0.2) is 0 Å². The minimum Gasteiger partial charge on any atom is -0.495 e. The molecule has 0 aromatic heterocycles. The van der Waals surface area contributed by atoms with E-state index in [0.29, 0.717) is 25.0 Å². The zero-order chi connectivity index (χ0) is 25.3. The molecule has 2 aliphatic heterocycles. The number of likely N-dealkylation sites (tertiary alicyclic amines) is 1. The van der Waals surface area contributed by atoms with Gasteiger partial charge in [-0.15, -0.1) is 0 Å². The van der Waals surface area contributed by atoms with Gasteiger partial charge in [-0.3, -0.25) is 14.6 Å². The van der Waals surface area contributed by atoms with Crippen molar-refractivity contribution in [3.05, 3.63) is 54.1 Å². The normalized spacial score (nSPS) is 21.2. The average molecular weight is 496 g/mol. The molecule has 7 heteroatoms.